The van der Waals surface area contributed by atoms with Crippen molar-refractivity contribution < 1.29 is 0 Å². The number of hydrogen-bond acceptors (Lipinski definition) is 4. The highest BCUT2D eigenvalue weighted by molar-refractivity contribution is 6.30. The molecule has 0 atom stereocenters. The zero-order valence-corrected chi connectivity index (χ0v) is 19.6. The van der Waals surface area contributed by atoms with Gasteiger partial charge in [0, 0.05) is 22.8 Å². The molecule has 0 aliphatic rings. The van der Waals surface area contributed by atoms with Gasteiger partial charge in [0.15, 0.2) is 5.65 Å². The molecular weight excluding hydrogens is 474 g/mol. The second-order valence-corrected chi connectivity index (χ2v) is 8.64. The molecule has 3 aromatic heterocycles. The van der Waals surface area contributed by atoms with Crippen molar-refractivity contribution in [2.75, 3.05) is 0 Å². The minimum absolute atomic E-state index is 0.172. The number of aromatic amines is 1. The van der Waals surface area contributed by atoms with Crippen LogP contribution < -0.4 is 11.1 Å². The summed E-state index contributed by atoms with van der Waals surface area (Å²) in [5.74, 6) is 0.463. The van der Waals surface area contributed by atoms with Crippen LogP contribution in [0.25, 0.3) is 44.9 Å². The van der Waals surface area contributed by atoms with Gasteiger partial charge in [0.25, 0.3) is 5.56 Å². The maximum absolute atomic E-state index is 13.8. The number of pyridine rings is 1. The van der Waals surface area contributed by atoms with Crippen LogP contribution in [0, 0.1) is 0 Å². The molecule has 0 aliphatic carbocycles. The monoisotopic (exact) mass is 491 g/mol. The van der Waals surface area contributed by atoms with Gasteiger partial charge in [-0.1, -0.05) is 54.1 Å². The molecule has 0 aliphatic heterocycles. The fourth-order valence-corrected chi connectivity index (χ4v) is 4.31. The maximum atomic E-state index is 13.8. The Kier molecular flexibility index (Phi) is 5.32. The molecule has 0 amide bonds. The Bertz CT molecular complexity index is 1820. The van der Waals surface area contributed by atoms with Crippen LogP contribution >= 0.6 is 11.6 Å². The predicted octanol–water partition coefficient (Wildman–Crippen LogP) is 5.25. The van der Waals surface area contributed by atoms with Gasteiger partial charge in [-0.2, -0.15) is 5.10 Å². The lowest BCUT2D eigenvalue weighted by Crippen LogP contribution is -2.22. The summed E-state index contributed by atoms with van der Waals surface area (Å²) >= 11 is 6.11. The Hall–Kier alpha value is -4.75. The number of para-hydroxylation sites is 1. The van der Waals surface area contributed by atoms with Crippen LogP contribution in [0.4, 0.5) is 0 Å². The SMILES string of the molecule is O=c1cc(-c2ccc(-c3nc4c(cnn4-c4ccccc4)c(=O)n3-c3ccc(Cl)cc3)cc2)cc[nH]1. The summed E-state index contributed by atoms with van der Waals surface area (Å²) in [7, 11) is 0. The van der Waals surface area contributed by atoms with E-state index in [-0.39, 0.29) is 11.1 Å². The van der Waals surface area contributed by atoms with Crippen molar-refractivity contribution in [3.8, 4) is 33.9 Å². The third kappa shape index (κ3) is 3.81. The third-order valence-corrected chi connectivity index (χ3v) is 6.19. The van der Waals surface area contributed by atoms with Crippen LogP contribution in [0.15, 0.2) is 113 Å². The predicted molar refractivity (Wildman–Crippen MR) is 141 cm³/mol. The van der Waals surface area contributed by atoms with Crippen molar-refractivity contribution in [2.24, 2.45) is 0 Å². The van der Waals surface area contributed by atoms with Gasteiger partial charge in [-0.05, 0) is 53.6 Å². The first-order chi connectivity index (χ1) is 17.6. The number of fused-ring (bicyclic) bond motifs is 1. The summed E-state index contributed by atoms with van der Waals surface area (Å²) in [5.41, 5.74) is 3.90. The normalized spacial score (nSPS) is 11.1. The van der Waals surface area contributed by atoms with Crippen molar-refractivity contribution in [1.29, 1.82) is 0 Å². The Morgan fingerprint density at radius 3 is 2.19 bits per heavy atom. The summed E-state index contributed by atoms with van der Waals surface area (Å²) in [6.07, 6.45) is 3.16. The van der Waals surface area contributed by atoms with Crippen LogP contribution in [0.5, 0.6) is 0 Å². The smallest absolute Gasteiger partial charge is 0.269 e. The van der Waals surface area contributed by atoms with Crippen molar-refractivity contribution in [3.05, 3.63) is 129 Å². The molecule has 36 heavy (non-hydrogen) atoms. The fraction of sp³-hybridized carbons (Fsp3) is 0. The molecular formula is C28H18ClN5O2. The second-order valence-electron chi connectivity index (χ2n) is 8.20. The van der Waals surface area contributed by atoms with Gasteiger partial charge in [0.2, 0.25) is 5.56 Å². The first-order valence-corrected chi connectivity index (χ1v) is 11.6. The first-order valence-electron chi connectivity index (χ1n) is 11.2. The van der Waals surface area contributed by atoms with Crippen LogP contribution in [-0.4, -0.2) is 24.3 Å². The molecule has 0 spiro atoms. The number of halogens is 1. The van der Waals surface area contributed by atoms with Crippen LogP contribution in [0.2, 0.25) is 5.02 Å². The van der Waals surface area contributed by atoms with Crippen molar-refractivity contribution >= 4 is 22.6 Å². The van der Waals surface area contributed by atoms with E-state index in [1.807, 2.05) is 60.7 Å². The molecule has 6 rings (SSSR count). The molecule has 0 unspecified atom stereocenters. The Morgan fingerprint density at radius 2 is 1.47 bits per heavy atom. The lowest BCUT2D eigenvalue weighted by atomic mass is 10.0. The Morgan fingerprint density at radius 1 is 0.750 bits per heavy atom. The molecule has 174 valence electrons. The fourth-order valence-electron chi connectivity index (χ4n) is 4.18. The maximum Gasteiger partial charge on any atom is 0.269 e. The number of H-pyrrole nitrogens is 1. The van der Waals surface area contributed by atoms with E-state index in [1.165, 1.54) is 0 Å². The summed E-state index contributed by atoms with van der Waals surface area (Å²) in [6.45, 7) is 0. The third-order valence-electron chi connectivity index (χ3n) is 5.94. The number of hydrogen-bond donors (Lipinski definition) is 1. The van der Waals surface area contributed by atoms with Gasteiger partial charge < -0.3 is 4.98 Å². The molecule has 0 saturated carbocycles. The average molecular weight is 492 g/mol. The number of nitrogens with one attached hydrogen (secondary N) is 1. The highest BCUT2D eigenvalue weighted by Crippen LogP contribution is 2.27. The molecule has 0 radical (unpaired) electrons. The molecule has 7 nitrogen and oxygen atoms in total. The highest BCUT2D eigenvalue weighted by atomic mass is 35.5. The molecule has 1 N–H and O–H groups in total. The molecule has 0 fully saturated rings. The van der Waals surface area contributed by atoms with E-state index in [9.17, 15) is 9.59 Å². The van der Waals surface area contributed by atoms with Crippen molar-refractivity contribution in [3.63, 3.8) is 0 Å². The van der Waals surface area contributed by atoms with Gasteiger partial charge in [0.1, 0.15) is 11.2 Å². The lowest BCUT2D eigenvalue weighted by Gasteiger charge is -2.14. The first kappa shape index (κ1) is 21.8. The second kappa shape index (κ2) is 8.79. The topological polar surface area (TPSA) is 85.6 Å². The molecule has 3 heterocycles. The Balaban J connectivity index is 1.59. The summed E-state index contributed by atoms with van der Waals surface area (Å²) in [4.78, 5) is 33.1. The van der Waals surface area contributed by atoms with E-state index >= 15 is 0 Å². The minimum Gasteiger partial charge on any atom is -0.329 e. The van der Waals surface area contributed by atoms with Crippen LogP contribution in [0.1, 0.15) is 0 Å². The van der Waals surface area contributed by atoms with Gasteiger partial charge in [0.05, 0.1) is 17.6 Å². The standard InChI is InChI=1S/C28H18ClN5O2/c29-21-10-12-22(13-11-21)33-26(19-8-6-18(7-9-19)20-14-15-30-25(35)16-20)32-27-24(28(33)36)17-31-34(27)23-4-2-1-3-5-23/h1-17H,(H,30,35). The summed E-state index contributed by atoms with van der Waals surface area (Å²) in [6, 6.07) is 27.6. The number of benzene rings is 3. The highest BCUT2D eigenvalue weighted by Gasteiger charge is 2.18. The number of rotatable bonds is 4. The van der Waals surface area contributed by atoms with E-state index in [4.69, 9.17) is 16.6 Å². The van der Waals surface area contributed by atoms with E-state index in [0.717, 1.165) is 22.4 Å². The Labute approximate surface area is 209 Å². The van der Waals surface area contributed by atoms with E-state index < -0.39 is 0 Å². The van der Waals surface area contributed by atoms with Crippen molar-refractivity contribution in [1.82, 2.24) is 24.3 Å². The molecule has 3 aromatic carbocycles. The summed E-state index contributed by atoms with van der Waals surface area (Å²) < 4.78 is 3.23. The van der Waals surface area contributed by atoms with Gasteiger partial charge in [-0.15, -0.1) is 0 Å². The number of aromatic nitrogens is 5. The lowest BCUT2D eigenvalue weighted by molar-refractivity contribution is 0.888. The minimum atomic E-state index is -0.238. The van der Waals surface area contributed by atoms with E-state index in [2.05, 4.69) is 10.1 Å². The molecule has 0 saturated heterocycles. The molecule has 0 bridgehead atoms. The quantitative estimate of drug-likeness (QED) is 0.365. The van der Waals surface area contributed by atoms with E-state index in [1.54, 1.807) is 52.0 Å². The van der Waals surface area contributed by atoms with Gasteiger partial charge in [-0.25, -0.2) is 9.67 Å². The van der Waals surface area contributed by atoms with Crippen molar-refractivity contribution in [2.45, 2.75) is 0 Å². The molecule has 8 heteroatoms. The average Bonchev–Trinajstić information content (AvgIpc) is 3.34. The van der Waals surface area contributed by atoms with Gasteiger partial charge >= 0.3 is 0 Å². The van der Waals surface area contributed by atoms with Crippen LogP contribution in [0.3, 0.4) is 0 Å². The largest absolute Gasteiger partial charge is 0.329 e. The van der Waals surface area contributed by atoms with Gasteiger partial charge in [-0.3, -0.25) is 14.2 Å². The zero-order chi connectivity index (χ0) is 24.6. The number of nitrogens with zero attached hydrogens (tertiary/aromatic N) is 4. The van der Waals surface area contributed by atoms with Crippen LogP contribution in [-0.2, 0) is 0 Å². The zero-order valence-electron chi connectivity index (χ0n) is 18.8. The van der Waals surface area contributed by atoms with E-state index in [0.29, 0.717) is 27.6 Å². The summed E-state index contributed by atoms with van der Waals surface area (Å²) in [5, 5.41) is 5.43. The molecule has 6 aromatic rings.